The molecule has 142 valence electrons. The van der Waals surface area contributed by atoms with Gasteiger partial charge in [0.15, 0.2) is 5.96 Å². The van der Waals surface area contributed by atoms with Gasteiger partial charge in [0, 0.05) is 43.3 Å². The van der Waals surface area contributed by atoms with Crippen LogP contribution in [-0.4, -0.2) is 28.8 Å². The molecule has 0 spiro atoms. The Bertz CT molecular complexity index is 756. The van der Waals surface area contributed by atoms with E-state index in [0.29, 0.717) is 18.6 Å². The van der Waals surface area contributed by atoms with Crippen molar-refractivity contribution in [3.8, 4) is 0 Å². The van der Waals surface area contributed by atoms with Crippen molar-refractivity contribution in [2.45, 2.75) is 51.7 Å². The Balaban J connectivity index is 0.00000243. The molecule has 1 atom stereocenters. The number of aryl methyl sites for hydroxylation is 1. The van der Waals surface area contributed by atoms with Crippen molar-refractivity contribution in [2.24, 2.45) is 4.99 Å². The van der Waals surface area contributed by atoms with Crippen LogP contribution in [-0.2, 0) is 19.4 Å². The van der Waals surface area contributed by atoms with Crippen LogP contribution in [0.3, 0.4) is 0 Å². The molecule has 0 saturated carbocycles. The van der Waals surface area contributed by atoms with Gasteiger partial charge in [-0.25, -0.2) is 0 Å². The SMILES string of the molecule is CN=C(NCc1ccccc1Cl)NC1CCc2cn(C(C)C)nc2C1.I. The van der Waals surface area contributed by atoms with Gasteiger partial charge in [-0.3, -0.25) is 9.67 Å². The highest BCUT2D eigenvalue weighted by Crippen LogP contribution is 2.21. The molecule has 0 aliphatic heterocycles. The summed E-state index contributed by atoms with van der Waals surface area (Å²) in [6, 6.07) is 8.61. The zero-order valence-corrected chi connectivity index (χ0v) is 18.6. The highest BCUT2D eigenvalue weighted by molar-refractivity contribution is 14.0. The maximum Gasteiger partial charge on any atom is 0.191 e. The lowest BCUT2D eigenvalue weighted by Gasteiger charge is -2.24. The summed E-state index contributed by atoms with van der Waals surface area (Å²) in [4.78, 5) is 4.34. The second-order valence-corrected chi connectivity index (χ2v) is 7.18. The Morgan fingerprint density at radius 1 is 1.38 bits per heavy atom. The third kappa shape index (κ3) is 5.13. The van der Waals surface area contributed by atoms with Crippen LogP contribution in [0.1, 0.15) is 43.1 Å². The predicted octanol–water partition coefficient (Wildman–Crippen LogP) is 3.96. The van der Waals surface area contributed by atoms with E-state index < -0.39 is 0 Å². The summed E-state index contributed by atoms with van der Waals surface area (Å²) in [6.45, 7) is 4.97. The van der Waals surface area contributed by atoms with Gasteiger partial charge in [-0.05, 0) is 43.9 Å². The van der Waals surface area contributed by atoms with E-state index in [1.54, 1.807) is 7.05 Å². The molecule has 1 aliphatic carbocycles. The number of rotatable bonds is 4. The molecule has 2 N–H and O–H groups in total. The smallest absolute Gasteiger partial charge is 0.191 e. The van der Waals surface area contributed by atoms with Gasteiger partial charge in [-0.15, -0.1) is 24.0 Å². The fourth-order valence-electron chi connectivity index (χ4n) is 3.11. The summed E-state index contributed by atoms with van der Waals surface area (Å²) in [7, 11) is 1.80. The molecule has 2 aromatic rings. The zero-order valence-electron chi connectivity index (χ0n) is 15.5. The van der Waals surface area contributed by atoms with Gasteiger partial charge in [-0.2, -0.15) is 5.10 Å². The third-order valence-corrected chi connectivity index (χ3v) is 4.96. The summed E-state index contributed by atoms with van der Waals surface area (Å²) < 4.78 is 2.07. The molecule has 0 saturated heterocycles. The molecule has 1 aromatic carbocycles. The van der Waals surface area contributed by atoms with Crippen LogP contribution in [0.15, 0.2) is 35.5 Å². The Hall–Kier alpha value is -1.28. The summed E-state index contributed by atoms with van der Waals surface area (Å²) in [5.74, 6) is 0.802. The Morgan fingerprint density at radius 3 is 2.85 bits per heavy atom. The van der Waals surface area contributed by atoms with Crippen molar-refractivity contribution in [3.63, 3.8) is 0 Å². The molecule has 0 amide bonds. The monoisotopic (exact) mass is 487 g/mol. The topological polar surface area (TPSA) is 54.2 Å². The maximum atomic E-state index is 6.22. The minimum absolute atomic E-state index is 0. The lowest BCUT2D eigenvalue weighted by Crippen LogP contribution is -2.45. The van der Waals surface area contributed by atoms with E-state index in [2.05, 4.69) is 40.4 Å². The zero-order chi connectivity index (χ0) is 17.8. The third-order valence-electron chi connectivity index (χ3n) is 4.59. The van der Waals surface area contributed by atoms with Crippen LogP contribution >= 0.6 is 35.6 Å². The largest absolute Gasteiger partial charge is 0.353 e. The Labute approximate surface area is 177 Å². The Morgan fingerprint density at radius 2 is 2.15 bits per heavy atom. The number of hydrogen-bond acceptors (Lipinski definition) is 2. The lowest BCUT2D eigenvalue weighted by atomic mass is 9.94. The molecule has 7 heteroatoms. The number of hydrogen-bond donors (Lipinski definition) is 2. The molecule has 0 radical (unpaired) electrons. The number of guanidine groups is 1. The van der Waals surface area contributed by atoms with Crippen LogP contribution in [0, 0.1) is 0 Å². The second-order valence-electron chi connectivity index (χ2n) is 6.78. The van der Waals surface area contributed by atoms with E-state index in [1.165, 1.54) is 11.3 Å². The molecule has 5 nitrogen and oxygen atoms in total. The van der Waals surface area contributed by atoms with Crippen LogP contribution in [0.5, 0.6) is 0 Å². The van der Waals surface area contributed by atoms with Crippen LogP contribution in [0.2, 0.25) is 5.02 Å². The highest BCUT2D eigenvalue weighted by Gasteiger charge is 2.23. The van der Waals surface area contributed by atoms with Gasteiger partial charge >= 0.3 is 0 Å². The van der Waals surface area contributed by atoms with Gasteiger partial charge in [0.1, 0.15) is 0 Å². The van der Waals surface area contributed by atoms with Gasteiger partial charge in [0.25, 0.3) is 0 Å². The molecule has 26 heavy (non-hydrogen) atoms. The van der Waals surface area contributed by atoms with Crippen molar-refractivity contribution in [3.05, 3.63) is 52.3 Å². The van der Waals surface area contributed by atoms with Crippen LogP contribution < -0.4 is 10.6 Å². The first-order chi connectivity index (χ1) is 12.1. The van der Waals surface area contributed by atoms with Crippen molar-refractivity contribution in [1.29, 1.82) is 0 Å². The van der Waals surface area contributed by atoms with Gasteiger partial charge in [0.05, 0.1) is 5.69 Å². The minimum atomic E-state index is 0. The number of nitrogens with one attached hydrogen (secondary N) is 2. The van der Waals surface area contributed by atoms with E-state index in [9.17, 15) is 0 Å². The lowest BCUT2D eigenvalue weighted by molar-refractivity contribution is 0.499. The van der Waals surface area contributed by atoms with E-state index >= 15 is 0 Å². The fraction of sp³-hybridized carbons (Fsp3) is 0.474. The molecule has 0 bridgehead atoms. The second kappa shape index (κ2) is 9.60. The van der Waals surface area contributed by atoms with Crippen molar-refractivity contribution in [2.75, 3.05) is 7.05 Å². The molecular formula is C19H27ClIN5. The number of halogens is 2. The van der Waals surface area contributed by atoms with Gasteiger partial charge in [0.2, 0.25) is 0 Å². The fourth-order valence-corrected chi connectivity index (χ4v) is 3.31. The standard InChI is InChI=1S/C19H26ClN5.HI/c1-13(2)25-12-15-8-9-16(10-18(15)24-25)23-19(21-3)22-11-14-6-4-5-7-17(14)20;/h4-7,12-13,16H,8-11H2,1-3H3,(H2,21,22,23);1H. The highest BCUT2D eigenvalue weighted by atomic mass is 127. The minimum Gasteiger partial charge on any atom is -0.353 e. The number of nitrogens with zero attached hydrogens (tertiary/aromatic N) is 3. The number of benzene rings is 1. The van der Waals surface area contributed by atoms with Gasteiger partial charge in [-0.1, -0.05) is 29.8 Å². The van der Waals surface area contributed by atoms with Crippen molar-refractivity contribution in [1.82, 2.24) is 20.4 Å². The van der Waals surface area contributed by atoms with E-state index in [1.807, 2.05) is 24.3 Å². The molecular weight excluding hydrogens is 461 g/mol. The quantitative estimate of drug-likeness (QED) is 0.390. The van der Waals surface area contributed by atoms with Crippen LogP contribution in [0.4, 0.5) is 0 Å². The van der Waals surface area contributed by atoms with Crippen molar-refractivity contribution < 1.29 is 0 Å². The first-order valence-electron chi connectivity index (χ1n) is 8.84. The van der Waals surface area contributed by atoms with E-state index in [-0.39, 0.29) is 24.0 Å². The molecule has 1 unspecified atom stereocenters. The summed E-state index contributed by atoms with van der Waals surface area (Å²) in [5.41, 5.74) is 3.65. The average Bonchev–Trinajstić information content (AvgIpc) is 3.03. The molecule has 1 aliphatic rings. The van der Waals surface area contributed by atoms with E-state index in [4.69, 9.17) is 16.7 Å². The average molecular weight is 488 g/mol. The maximum absolute atomic E-state index is 6.22. The summed E-state index contributed by atoms with van der Waals surface area (Å²) in [5, 5.41) is 12.4. The Kier molecular flexibility index (Phi) is 7.76. The normalized spacial score (nSPS) is 16.8. The summed E-state index contributed by atoms with van der Waals surface area (Å²) >= 11 is 6.22. The summed E-state index contributed by atoms with van der Waals surface area (Å²) in [6.07, 6.45) is 5.27. The first kappa shape index (κ1) is 21.0. The number of aromatic nitrogens is 2. The first-order valence-corrected chi connectivity index (χ1v) is 9.22. The molecule has 0 fully saturated rings. The van der Waals surface area contributed by atoms with Crippen LogP contribution in [0.25, 0.3) is 0 Å². The van der Waals surface area contributed by atoms with Crippen molar-refractivity contribution >= 4 is 41.5 Å². The number of fused-ring (bicyclic) bond motifs is 1. The molecule has 1 heterocycles. The molecule has 1 aromatic heterocycles. The van der Waals surface area contributed by atoms with E-state index in [0.717, 1.165) is 35.8 Å². The predicted molar refractivity (Wildman–Crippen MR) is 119 cm³/mol. The number of aliphatic imine (C=N–C) groups is 1. The van der Waals surface area contributed by atoms with Gasteiger partial charge < -0.3 is 10.6 Å². The molecule has 3 rings (SSSR count).